The molecule has 0 radical (unpaired) electrons. The van der Waals surface area contributed by atoms with Crippen LogP contribution in [0.4, 0.5) is 5.69 Å². The third-order valence-electron chi connectivity index (χ3n) is 6.40. The Morgan fingerprint density at radius 1 is 1.17 bits per heavy atom. The predicted octanol–water partition coefficient (Wildman–Crippen LogP) is 4.38. The summed E-state index contributed by atoms with van der Waals surface area (Å²) in [5, 5.41) is 15.4. The molecule has 0 spiro atoms. The van der Waals surface area contributed by atoms with Gasteiger partial charge >= 0.3 is 0 Å². The van der Waals surface area contributed by atoms with E-state index >= 15 is 0 Å². The molecule has 0 aromatic heterocycles. The van der Waals surface area contributed by atoms with Gasteiger partial charge in [-0.1, -0.05) is 45.2 Å². The monoisotopic (exact) mass is 430 g/mol. The highest BCUT2D eigenvalue weighted by atomic mass is 32.2. The number of carbonyl (C=O) groups is 1. The van der Waals surface area contributed by atoms with Crippen molar-refractivity contribution in [3.8, 4) is 0 Å². The van der Waals surface area contributed by atoms with Crippen molar-refractivity contribution in [2.45, 2.75) is 63.3 Å². The highest BCUT2D eigenvalue weighted by Gasteiger charge is 2.45. The van der Waals surface area contributed by atoms with Crippen LogP contribution >= 0.6 is 0 Å². The van der Waals surface area contributed by atoms with Crippen LogP contribution in [0.2, 0.25) is 0 Å². The average Bonchev–Trinajstić information content (AvgIpc) is 2.96. The van der Waals surface area contributed by atoms with E-state index in [9.17, 15) is 18.3 Å². The van der Waals surface area contributed by atoms with Crippen LogP contribution in [0.3, 0.4) is 0 Å². The van der Waals surface area contributed by atoms with E-state index in [4.69, 9.17) is 0 Å². The van der Waals surface area contributed by atoms with E-state index in [1.807, 2.05) is 0 Å². The number of nitrogens with one attached hydrogen (secondary N) is 1. The molecule has 1 aromatic rings. The molecule has 1 atom stereocenters. The second-order valence-corrected chi connectivity index (χ2v) is 10.7. The predicted molar refractivity (Wildman–Crippen MR) is 117 cm³/mol. The summed E-state index contributed by atoms with van der Waals surface area (Å²) >= 11 is 0. The number of sulfone groups is 1. The normalized spacial score (nSPS) is 24.1. The number of fused-ring (bicyclic) bond motifs is 1. The van der Waals surface area contributed by atoms with Crippen LogP contribution < -0.4 is 5.32 Å². The second kappa shape index (κ2) is 8.10. The zero-order chi connectivity index (χ0) is 21.5. The fraction of sp³-hybridized carbons (Fsp3) is 0.522. The zero-order valence-corrected chi connectivity index (χ0v) is 18.4. The summed E-state index contributed by atoms with van der Waals surface area (Å²) in [5.41, 5.74) is 0.703. The Kier molecular flexibility index (Phi) is 5.66. The van der Waals surface area contributed by atoms with Gasteiger partial charge in [-0.2, -0.15) is 0 Å². The number of aliphatic hydroxyl groups is 1. The molecule has 1 aliphatic carbocycles. The number of anilines is 1. The first-order chi connectivity index (χ1) is 14.3. The van der Waals surface area contributed by atoms with E-state index < -0.39 is 9.84 Å². The van der Waals surface area contributed by atoms with Gasteiger partial charge in [0.05, 0.1) is 27.7 Å². The molecule has 4 rings (SSSR count). The lowest BCUT2D eigenvalue weighted by Gasteiger charge is -2.34. The van der Waals surface area contributed by atoms with Crippen molar-refractivity contribution in [2.24, 2.45) is 11.8 Å². The summed E-state index contributed by atoms with van der Waals surface area (Å²) in [6, 6.07) is 6.26. The quantitative estimate of drug-likeness (QED) is 0.724. The molecule has 2 heterocycles. The van der Waals surface area contributed by atoms with Crippen molar-refractivity contribution in [2.75, 3.05) is 11.9 Å². The highest BCUT2D eigenvalue weighted by Crippen LogP contribution is 2.41. The van der Waals surface area contributed by atoms with Gasteiger partial charge in [-0.3, -0.25) is 4.79 Å². The number of nitrogens with zero attached hydrogens (tertiary/aromatic N) is 1. The largest absolute Gasteiger partial charge is 0.509 e. The molecule has 7 heteroatoms. The van der Waals surface area contributed by atoms with Gasteiger partial charge in [0.1, 0.15) is 11.3 Å². The molecule has 1 fully saturated rings. The summed E-state index contributed by atoms with van der Waals surface area (Å²) in [4.78, 5) is 15.4. The lowest BCUT2D eigenvalue weighted by atomic mass is 9.83. The number of hydrogen-bond donors (Lipinski definition) is 2. The van der Waals surface area contributed by atoms with Crippen molar-refractivity contribution >= 4 is 21.4 Å². The molecule has 1 saturated carbocycles. The van der Waals surface area contributed by atoms with Gasteiger partial charge in [0.15, 0.2) is 0 Å². The maximum Gasteiger partial charge on any atom is 0.260 e. The molecule has 0 bridgehead atoms. The topological polar surface area (TPSA) is 86.7 Å². The fourth-order valence-electron chi connectivity index (χ4n) is 4.83. The number of para-hydroxylation sites is 1. The molecule has 0 unspecified atom stereocenters. The first kappa shape index (κ1) is 21.0. The van der Waals surface area contributed by atoms with Gasteiger partial charge in [-0.05, 0) is 43.2 Å². The van der Waals surface area contributed by atoms with Gasteiger partial charge < -0.3 is 15.3 Å². The van der Waals surface area contributed by atoms with E-state index in [0.717, 1.165) is 37.5 Å². The summed E-state index contributed by atoms with van der Waals surface area (Å²) in [6.45, 7) is 4.78. The van der Waals surface area contributed by atoms with Crippen molar-refractivity contribution in [1.82, 2.24) is 4.90 Å². The third-order valence-corrected chi connectivity index (χ3v) is 7.91. The number of benzene rings is 1. The van der Waals surface area contributed by atoms with E-state index in [1.165, 1.54) is 12.5 Å². The highest BCUT2D eigenvalue weighted by molar-refractivity contribution is 7.94. The Labute approximate surface area is 178 Å². The Bertz CT molecular complexity index is 1000. The number of rotatable bonds is 5. The zero-order valence-electron chi connectivity index (χ0n) is 17.6. The maximum atomic E-state index is 13.4. The van der Waals surface area contributed by atoms with Gasteiger partial charge in [-0.25, -0.2) is 8.42 Å². The lowest BCUT2D eigenvalue weighted by molar-refractivity contribution is -0.128. The number of carbonyl (C=O) groups excluding carboxylic acids is 1. The molecular weight excluding hydrogens is 400 g/mol. The standard InChI is InChI=1S/C23H30N2O4S/c1-15(2)12-13-25-21(16-8-4-3-5-9-16)22(26)20(23(25)27)18-14-30(28,29)19-11-7-6-10-17(19)24-18/h6-7,10-11,14-16,21,24,26H,3-5,8-9,12-13H2,1-2H3/t21-/m0/s1. The first-order valence-electron chi connectivity index (χ1n) is 10.9. The van der Waals surface area contributed by atoms with E-state index in [-0.39, 0.29) is 39.8 Å². The summed E-state index contributed by atoms with van der Waals surface area (Å²) < 4.78 is 25.6. The van der Waals surface area contributed by atoms with Crippen LogP contribution in [-0.4, -0.2) is 36.9 Å². The molecule has 6 nitrogen and oxygen atoms in total. The summed E-state index contributed by atoms with van der Waals surface area (Å²) in [5.74, 6) is 0.372. The van der Waals surface area contributed by atoms with Crippen molar-refractivity contribution in [3.63, 3.8) is 0 Å². The minimum absolute atomic E-state index is 0.0176. The summed E-state index contributed by atoms with van der Waals surface area (Å²) in [7, 11) is -3.70. The van der Waals surface area contributed by atoms with Gasteiger partial charge in [0, 0.05) is 6.54 Å². The van der Waals surface area contributed by atoms with Crippen molar-refractivity contribution in [1.29, 1.82) is 0 Å². The Hall–Kier alpha value is -2.28. The van der Waals surface area contributed by atoms with Crippen LogP contribution in [0.5, 0.6) is 0 Å². The summed E-state index contributed by atoms with van der Waals surface area (Å²) in [6.07, 6.45) is 6.16. The van der Waals surface area contributed by atoms with Gasteiger partial charge in [0.25, 0.3) is 5.91 Å². The third kappa shape index (κ3) is 3.75. The molecule has 162 valence electrons. The smallest absolute Gasteiger partial charge is 0.260 e. The number of hydrogen-bond acceptors (Lipinski definition) is 5. The molecule has 2 N–H and O–H groups in total. The van der Waals surface area contributed by atoms with E-state index in [1.54, 1.807) is 23.1 Å². The van der Waals surface area contributed by atoms with Crippen LogP contribution in [0, 0.1) is 11.8 Å². The maximum absolute atomic E-state index is 13.4. The van der Waals surface area contributed by atoms with Crippen LogP contribution in [-0.2, 0) is 14.6 Å². The number of aliphatic hydroxyl groups excluding tert-OH is 1. The molecule has 2 aliphatic heterocycles. The Morgan fingerprint density at radius 3 is 2.57 bits per heavy atom. The molecular formula is C23H30N2O4S. The van der Waals surface area contributed by atoms with Crippen molar-refractivity contribution < 1.29 is 18.3 Å². The Balaban J connectivity index is 1.74. The van der Waals surface area contributed by atoms with Crippen LogP contribution in [0.15, 0.2) is 51.6 Å². The molecule has 1 aromatic carbocycles. The van der Waals surface area contributed by atoms with Crippen molar-refractivity contribution in [3.05, 3.63) is 46.7 Å². The Morgan fingerprint density at radius 2 is 1.87 bits per heavy atom. The molecule has 30 heavy (non-hydrogen) atoms. The minimum Gasteiger partial charge on any atom is -0.509 e. The lowest BCUT2D eigenvalue weighted by Crippen LogP contribution is -2.42. The number of amides is 1. The van der Waals surface area contributed by atoms with Gasteiger partial charge in [0.2, 0.25) is 9.84 Å². The molecule has 0 saturated heterocycles. The second-order valence-electron chi connectivity index (χ2n) is 8.98. The molecule has 1 amide bonds. The van der Waals surface area contributed by atoms with E-state index in [2.05, 4.69) is 19.2 Å². The average molecular weight is 431 g/mol. The van der Waals surface area contributed by atoms with Crippen LogP contribution in [0.1, 0.15) is 52.4 Å². The fourth-order valence-corrected chi connectivity index (χ4v) is 6.13. The SMILES string of the molecule is CC(C)CCN1C(=O)C(C2=CS(=O)(=O)c3ccccc3N2)=C(O)[C@@H]1C1CCCCC1. The first-order valence-corrected chi connectivity index (χ1v) is 12.4. The minimum atomic E-state index is -3.70. The van der Waals surface area contributed by atoms with E-state index in [0.29, 0.717) is 18.2 Å². The van der Waals surface area contributed by atoms with Crippen LogP contribution in [0.25, 0.3) is 0 Å². The van der Waals surface area contributed by atoms with Gasteiger partial charge in [-0.15, -0.1) is 0 Å². The molecule has 3 aliphatic rings.